The lowest BCUT2D eigenvalue weighted by Gasteiger charge is -2.04. The fourth-order valence-electron chi connectivity index (χ4n) is 0.714. The van der Waals surface area contributed by atoms with Crippen LogP contribution in [-0.2, 0) is 9.53 Å². The second kappa shape index (κ2) is 7.32. The van der Waals surface area contributed by atoms with Crippen molar-refractivity contribution in [1.82, 2.24) is 0 Å². The molecule has 0 aromatic carbocycles. The zero-order valence-corrected chi connectivity index (χ0v) is 8.62. The van der Waals surface area contributed by atoms with Gasteiger partial charge in [0.15, 0.2) is 0 Å². The standard InChI is InChI=1S/C9H12ClNO3/c1-7(6-10)8(9(12)14-2)4-3-5-11-13/h3-5,11,13H,1,6H2,2H3/p+1/b5-3-,8-4+. The van der Waals surface area contributed by atoms with E-state index in [9.17, 15) is 4.79 Å². The molecule has 0 aliphatic rings. The molecule has 0 aliphatic carbocycles. The quantitative estimate of drug-likeness (QED) is 0.230. The topological polar surface area (TPSA) is 63.1 Å². The molecule has 0 aliphatic heterocycles. The Labute approximate surface area is 87.5 Å². The molecule has 0 aromatic heterocycles. The lowest BCUT2D eigenvalue weighted by atomic mass is 10.1. The van der Waals surface area contributed by atoms with Crippen LogP contribution in [-0.4, -0.2) is 24.2 Å². The zero-order valence-electron chi connectivity index (χ0n) is 7.87. The van der Waals surface area contributed by atoms with E-state index in [1.54, 1.807) is 0 Å². The fraction of sp³-hybridized carbons (Fsp3) is 0.222. The van der Waals surface area contributed by atoms with E-state index in [0.29, 0.717) is 11.1 Å². The third-order valence-electron chi connectivity index (χ3n) is 1.41. The van der Waals surface area contributed by atoms with E-state index in [1.165, 1.54) is 25.5 Å². The number of methoxy groups -OCH3 is 1. The molecule has 0 bridgehead atoms. The van der Waals surface area contributed by atoms with Crippen LogP contribution in [0, 0.1) is 0 Å². The minimum atomic E-state index is -0.502. The summed E-state index contributed by atoms with van der Waals surface area (Å²) in [5.74, 6) is -0.351. The average molecular weight is 219 g/mol. The first-order valence-corrected chi connectivity index (χ1v) is 4.37. The van der Waals surface area contributed by atoms with Gasteiger partial charge in [-0.25, -0.2) is 10.0 Å². The summed E-state index contributed by atoms with van der Waals surface area (Å²) >= 11 is 5.53. The molecule has 0 saturated carbocycles. The first-order chi connectivity index (χ1) is 6.67. The largest absolute Gasteiger partial charge is 0.465 e. The minimum Gasteiger partial charge on any atom is -0.465 e. The van der Waals surface area contributed by atoms with Crippen LogP contribution in [0.4, 0.5) is 0 Å². The maximum Gasteiger partial charge on any atom is 0.338 e. The predicted molar refractivity (Wildman–Crippen MR) is 52.8 cm³/mol. The van der Waals surface area contributed by atoms with E-state index in [1.807, 2.05) is 0 Å². The number of halogens is 1. The third kappa shape index (κ3) is 4.23. The number of rotatable bonds is 5. The number of hydrogen-bond donors (Lipinski definition) is 2. The molecule has 0 rings (SSSR count). The summed E-state index contributed by atoms with van der Waals surface area (Å²) in [7, 11) is 1.28. The van der Waals surface area contributed by atoms with Gasteiger partial charge in [0.1, 0.15) is 6.20 Å². The van der Waals surface area contributed by atoms with Crippen molar-refractivity contribution in [1.29, 1.82) is 0 Å². The number of carbonyl (C=O) groups is 1. The van der Waals surface area contributed by atoms with Gasteiger partial charge >= 0.3 is 5.97 Å². The Kier molecular flexibility index (Phi) is 6.74. The normalized spacial score (nSPS) is 11.8. The van der Waals surface area contributed by atoms with Gasteiger partial charge in [-0.1, -0.05) is 6.58 Å². The summed E-state index contributed by atoms with van der Waals surface area (Å²) < 4.78 is 4.53. The molecule has 0 heterocycles. The number of hydroxylamine groups is 1. The molecule has 0 spiro atoms. The summed E-state index contributed by atoms with van der Waals surface area (Å²) in [6.45, 7) is 3.61. The maximum atomic E-state index is 11.2. The Morgan fingerprint density at radius 3 is 2.79 bits per heavy atom. The van der Waals surface area contributed by atoms with Crippen molar-refractivity contribution in [2.45, 2.75) is 0 Å². The number of allylic oxidation sites excluding steroid dienone is 2. The van der Waals surface area contributed by atoms with Crippen LogP contribution in [0.25, 0.3) is 0 Å². The van der Waals surface area contributed by atoms with E-state index in [0.717, 1.165) is 5.48 Å². The van der Waals surface area contributed by atoms with Crippen molar-refractivity contribution in [3.63, 3.8) is 0 Å². The van der Waals surface area contributed by atoms with Gasteiger partial charge in [-0.2, -0.15) is 5.48 Å². The Morgan fingerprint density at radius 2 is 2.36 bits per heavy atom. The van der Waals surface area contributed by atoms with E-state index in [2.05, 4.69) is 11.3 Å². The molecule has 14 heavy (non-hydrogen) atoms. The van der Waals surface area contributed by atoms with Gasteiger partial charge < -0.3 is 4.74 Å². The number of esters is 1. The molecule has 0 fully saturated rings. The zero-order chi connectivity index (χ0) is 11.0. The SMILES string of the molecule is C=C(CCl)/C(=C\C=C/[NH2+]O)C(=O)OC. The highest BCUT2D eigenvalue weighted by Gasteiger charge is 2.11. The van der Waals surface area contributed by atoms with Crippen LogP contribution >= 0.6 is 11.6 Å². The summed E-state index contributed by atoms with van der Waals surface area (Å²) in [6, 6.07) is 0. The highest BCUT2D eigenvalue weighted by atomic mass is 35.5. The van der Waals surface area contributed by atoms with Gasteiger partial charge in [0.25, 0.3) is 0 Å². The lowest BCUT2D eigenvalue weighted by molar-refractivity contribution is -0.838. The first kappa shape index (κ1) is 12.9. The smallest absolute Gasteiger partial charge is 0.338 e. The second-order valence-electron chi connectivity index (χ2n) is 2.34. The van der Waals surface area contributed by atoms with Gasteiger partial charge in [0, 0.05) is 5.88 Å². The average Bonchev–Trinajstić information content (AvgIpc) is 2.22. The number of ether oxygens (including phenoxy) is 1. The second-order valence-corrected chi connectivity index (χ2v) is 2.61. The molecule has 78 valence electrons. The summed E-state index contributed by atoms with van der Waals surface area (Å²) in [4.78, 5) is 11.2. The summed E-state index contributed by atoms with van der Waals surface area (Å²) in [6.07, 6.45) is 4.33. The number of nitrogens with two attached hydrogens (primary N) is 1. The Morgan fingerprint density at radius 1 is 1.71 bits per heavy atom. The van der Waals surface area contributed by atoms with Gasteiger partial charge in [-0.05, 0) is 17.7 Å². The van der Waals surface area contributed by atoms with Gasteiger partial charge in [0.05, 0.1) is 12.7 Å². The van der Waals surface area contributed by atoms with Crippen molar-refractivity contribution >= 4 is 17.6 Å². The number of carbonyl (C=O) groups excluding carboxylic acids is 1. The Bertz CT molecular complexity index is 253. The summed E-state index contributed by atoms with van der Waals surface area (Å²) in [5.41, 5.74) is 1.62. The minimum absolute atomic E-state index is 0.150. The van der Waals surface area contributed by atoms with Gasteiger partial charge in [-0.3, -0.25) is 0 Å². The van der Waals surface area contributed by atoms with Crippen LogP contribution in [0.15, 0.2) is 36.1 Å². The number of alkyl halides is 1. The molecule has 0 atom stereocenters. The van der Waals surface area contributed by atoms with Crippen LogP contribution in [0.1, 0.15) is 0 Å². The lowest BCUT2D eigenvalue weighted by Crippen LogP contribution is -2.73. The molecule has 0 saturated heterocycles. The predicted octanol–water partition coefficient (Wildman–Crippen LogP) is 0.347. The van der Waals surface area contributed by atoms with Gasteiger partial charge in [0.2, 0.25) is 0 Å². The molecule has 4 nitrogen and oxygen atoms in total. The van der Waals surface area contributed by atoms with Crippen LogP contribution in [0.3, 0.4) is 0 Å². The van der Waals surface area contributed by atoms with Crippen molar-refractivity contribution in [3.05, 3.63) is 36.1 Å². The number of hydrogen-bond acceptors (Lipinski definition) is 3. The molecule has 0 amide bonds. The van der Waals surface area contributed by atoms with Crippen LogP contribution in [0.2, 0.25) is 0 Å². The van der Waals surface area contributed by atoms with E-state index in [-0.39, 0.29) is 5.88 Å². The molecule has 5 heteroatoms. The Balaban J connectivity index is 4.71. The molecule has 0 aromatic rings. The van der Waals surface area contributed by atoms with Gasteiger partial charge in [-0.15, -0.1) is 11.6 Å². The highest BCUT2D eigenvalue weighted by molar-refractivity contribution is 6.20. The molecular weight excluding hydrogens is 206 g/mol. The van der Waals surface area contributed by atoms with E-state index in [4.69, 9.17) is 16.8 Å². The monoisotopic (exact) mass is 218 g/mol. The van der Waals surface area contributed by atoms with Crippen molar-refractivity contribution in [3.8, 4) is 0 Å². The third-order valence-corrected chi connectivity index (χ3v) is 1.73. The van der Waals surface area contributed by atoms with Crippen LogP contribution in [0.5, 0.6) is 0 Å². The summed E-state index contributed by atoms with van der Waals surface area (Å²) in [5, 5.41) is 8.37. The molecular formula is C9H13ClNO3+. The Hall–Kier alpha value is -1.10. The highest BCUT2D eigenvalue weighted by Crippen LogP contribution is 2.11. The molecule has 0 unspecified atom stereocenters. The molecule has 3 N–H and O–H groups in total. The molecule has 0 radical (unpaired) electrons. The van der Waals surface area contributed by atoms with E-state index >= 15 is 0 Å². The van der Waals surface area contributed by atoms with E-state index < -0.39 is 5.97 Å². The maximum absolute atomic E-state index is 11.2. The fourth-order valence-corrected chi connectivity index (χ4v) is 0.858. The van der Waals surface area contributed by atoms with Crippen molar-refractivity contribution in [2.24, 2.45) is 0 Å². The first-order valence-electron chi connectivity index (χ1n) is 3.84. The van der Waals surface area contributed by atoms with Crippen LogP contribution < -0.4 is 5.48 Å². The van der Waals surface area contributed by atoms with Crippen molar-refractivity contribution < 1.29 is 20.2 Å². The van der Waals surface area contributed by atoms with Crippen molar-refractivity contribution in [2.75, 3.05) is 13.0 Å². The number of quaternary nitrogens is 1.